The molecule has 3 N–H and O–H groups in total. The summed E-state index contributed by atoms with van der Waals surface area (Å²) in [5, 5.41) is 3.08. The van der Waals surface area contributed by atoms with Gasteiger partial charge in [0.15, 0.2) is 17.3 Å². The summed E-state index contributed by atoms with van der Waals surface area (Å²) in [7, 11) is -0.611. The minimum Gasteiger partial charge on any atom is -0.452 e. The number of hydrogen-bond donors (Lipinski definition) is 2. The lowest BCUT2D eigenvalue weighted by Gasteiger charge is -2.32. The van der Waals surface area contributed by atoms with Crippen LogP contribution in [-0.2, 0) is 30.1 Å². The second-order valence-electron chi connectivity index (χ2n) is 20.9. The first-order chi connectivity index (χ1) is 39.9. The van der Waals surface area contributed by atoms with Crippen molar-refractivity contribution < 1.29 is 50.8 Å². The Morgan fingerprint density at radius 2 is 1.40 bits per heavy atom. The summed E-state index contributed by atoms with van der Waals surface area (Å²) in [5.41, 5.74) is 9.65. The molecule has 5 aromatic carbocycles. The number of anilines is 4. The van der Waals surface area contributed by atoms with Gasteiger partial charge >= 0.3 is 7.12 Å². The van der Waals surface area contributed by atoms with Gasteiger partial charge in [0, 0.05) is 49.2 Å². The molecule has 0 radical (unpaired) electrons. The molecule has 3 saturated heterocycles. The predicted octanol–water partition coefficient (Wildman–Crippen LogP) is 12.1. The Morgan fingerprint density at radius 1 is 0.762 bits per heavy atom. The van der Waals surface area contributed by atoms with Gasteiger partial charge in [-0.1, -0.05) is 83.8 Å². The van der Waals surface area contributed by atoms with Crippen LogP contribution in [0.15, 0.2) is 128 Å². The summed E-state index contributed by atoms with van der Waals surface area (Å²) < 4.78 is 70.4. The largest absolute Gasteiger partial charge is 0.494 e. The number of fused-ring (bicyclic) bond motifs is 2. The van der Waals surface area contributed by atoms with Crippen molar-refractivity contribution in [3.63, 3.8) is 0 Å². The molecule has 1 amide bonds. The number of rotatable bonds is 8. The molecule has 0 bridgehead atoms. The number of nitrogen functional groups attached to an aromatic ring is 1. The molecule has 4 aliphatic rings. The molecular formula is C61H64BBrClF3IN7O9. The number of amides is 1. The molecule has 2 aromatic heterocycles. The molecule has 442 valence electrons. The van der Waals surface area contributed by atoms with E-state index in [9.17, 15) is 32.3 Å². The quantitative estimate of drug-likeness (QED) is 0.0630. The lowest BCUT2D eigenvalue weighted by molar-refractivity contribution is -0.118. The standard InChI is InChI=1S/C17H11FO3.C14H18BFO3.C10H11BrFNO.C10H13ClN2O.C10H11IN4O/c1-10(19)17-14(11-6-3-2-4-7-11)16(20)15-12(18)8-5-9-13(15)21-17;1-9(17)11-7-6-10(8-12(11)16)15-18-13(2,3)14(4,5)19-15;1-6(2)10(14)13-9-4-3-7(11)5-8(9)12;11-9-7-8(12)1-2-10(9)13-3-5-14-6-4-13;11-9-8-7(5-12-9)13-6-14-10(8)15-1-3-16-4-2-15/h2-9H,1H3;6-8H,1-5H3;3-6H,1-2H3,(H,13,14);1-2,7H,3-6,12H2;6H,1-5H2. The maximum atomic E-state index is 13.9. The summed E-state index contributed by atoms with van der Waals surface area (Å²) in [6.07, 6.45) is 1.63. The summed E-state index contributed by atoms with van der Waals surface area (Å²) in [4.78, 5) is 64.4. The van der Waals surface area contributed by atoms with E-state index >= 15 is 0 Å². The first kappa shape index (κ1) is 65.0. The molecule has 3 fully saturated rings. The van der Waals surface area contributed by atoms with Crippen LogP contribution < -0.4 is 31.7 Å². The van der Waals surface area contributed by atoms with Crippen molar-refractivity contribution >= 4 is 118 Å². The molecule has 7 aromatic rings. The highest BCUT2D eigenvalue weighted by molar-refractivity contribution is 14.1. The van der Waals surface area contributed by atoms with E-state index in [-0.39, 0.29) is 56.9 Å². The lowest BCUT2D eigenvalue weighted by Crippen LogP contribution is -2.41. The van der Waals surface area contributed by atoms with E-state index in [1.54, 1.807) is 68.7 Å². The number of nitrogens with zero attached hydrogens (tertiary/aromatic N) is 5. The molecule has 0 aliphatic carbocycles. The monoisotopic (exact) mass is 1350 g/mol. The Morgan fingerprint density at radius 3 is 1.99 bits per heavy atom. The van der Waals surface area contributed by atoms with Gasteiger partial charge in [0.1, 0.15) is 44.3 Å². The fourth-order valence-electron chi connectivity index (χ4n) is 8.69. The van der Waals surface area contributed by atoms with Crippen LogP contribution in [0.2, 0.25) is 5.02 Å². The summed E-state index contributed by atoms with van der Waals surface area (Å²) in [5.74, 6) is -1.69. The molecule has 0 spiro atoms. The number of nitrogens with one attached hydrogen (secondary N) is 1. The minimum atomic E-state index is -0.659. The maximum Gasteiger partial charge on any atom is 0.494 e. The number of halogens is 6. The number of hydrogen-bond acceptors (Lipinski definition) is 15. The molecule has 0 atom stereocenters. The number of ketones is 2. The van der Waals surface area contributed by atoms with Crippen LogP contribution in [0.25, 0.3) is 22.1 Å². The van der Waals surface area contributed by atoms with Gasteiger partial charge in [0.25, 0.3) is 0 Å². The third kappa shape index (κ3) is 16.3. The minimum absolute atomic E-state index is 0.0516. The third-order valence-corrected chi connectivity index (χ3v) is 15.7. The Labute approximate surface area is 513 Å². The number of aliphatic imine (C=N–C) groups is 1. The van der Waals surface area contributed by atoms with Crippen molar-refractivity contribution in [2.75, 3.05) is 73.5 Å². The number of aromatic nitrogens is 2. The second-order valence-corrected chi connectivity index (χ2v) is 23.2. The van der Waals surface area contributed by atoms with E-state index in [1.165, 1.54) is 56.3 Å². The predicted molar refractivity (Wildman–Crippen MR) is 336 cm³/mol. The third-order valence-electron chi connectivity index (χ3n) is 14.0. The SMILES string of the molecule is CC(=O)c1ccc(B2OC(C)(C)C(C)(C)O2)cc1F.CC(=O)c1oc2cccc(F)c2c(=O)c1-c1ccccc1.CC(C)C(=O)Nc1ccc(Br)cc1F.IC1=NCc2ncnc(N3CCOCC3)c21.Nc1ccc(N2CCOCC2)c(Cl)c1. The maximum absolute atomic E-state index is 13.9. The van der Waals surface area contributed by atoms with E-state index in [0.29, 0.717) is 32.8 Å². The van der Waals surface area contributed by atoms with E-state index < -0.39 is 41.2 Å². The molecule has 6 heterocycles. The smallest absolute Gasteiger partial charge is 0.452 e. The fraction of sp³-hybridized carbons (Fsp3) is 0.328. The van der Waals surface area contributed by atoms with Crippen molar-refractivity contribution in [2.24, 2.45) is 10.9 Å². The van der Waals surface area contributed by atoms with Crippen molar-refractivity contribution in [1.29, 1.82) is 0 Å². The number of nitrogens with two attached hydrogens (primary N) is 1. The number of ether oxygens (including phenoxy) is 2. The van der Waals surface area contributed by atoms with Gasteiger partial charge in [0.05, 0.1) is 83.0 Å². The molecule has 0 saturated carbocycles. The van der Waals surface area contributed by atoms with Gasteiger partial charge in [-0.3, -0.25) is 24.2 Å². The molecule has 0 unspecified atom stereocenters. The van der Waals surface area contributed by atoms with Crippen LogP contribution in [0.5, 0.6) is 0 Å². The average Bonchev–Trinajstić information content (AvgIpc) is 2.08. The first-order valence-electron chi connectivity index (χ1n) is 26.9. The highest BCUT2D eigenvalue weighted by Crippen LogP contribution is 2.37. The molecule has 11 rings (SSSR count). The van der Waals surface area contributed by atoms with E-state index in [2.05, 4.69) is 68.6 Å². The van der Waals surface area contributed by atoms with Gasteiger partial charge in [-0.05, 0) is 129 Å². The van der Waals surface area contributed by atoms with Gasteiger partial charge in [0.2, 0.25) is 11.3 Å². The zero-order valence-electron chi connectivity index (χ0n) is 47.7. The second kappa shape index (κ2) is 29.0. The van der Waals surface area contributed by atoms with Crippen LogP contribution in [0.4, 0.5) is 36.1 Å². The Balaban J connectivity index is 0.000000152. The molecule has 84 heavy (non-hydrogen) atoms. The highest BCUT2D eigenvalue weighted by atomic mass is 127. The Bertz CT molecular complexity index is 3590. The van der Waals surface area contributed by atoms with Crippen LogP contribution in [0.1, 0.15) is 87.6 Å². The van der Waals surface area contributed by atoms with Crippen LogP contribution in [0, 0.1) is 23.4 Å². The van der Waals surface area contributed by atoms with Gasteiger partial charge in [-0.25, -0.2) is 23.1 Å². The molecule has 4 aliphatic heterocycles. The zero-order chi connectivity index (χ0) is 61.0. The average molecular weight is 1350 g/mol. The number of carbonyl (C=O) groups excluding carboxylic acids is 3. The topological polar surface area (TPSA) is 201 Å². The normalized spacial score (nSPS) is 15.7. The number of carbonyl (C=O) groups is 3. The van der Waals surface area contributed by atoms with Crippen molar-refractivity contribution in [1.82, 2.24) is 9.97 Å². The first-order valence-corrected chi connectivity index (χ1v) is 29.1. The zero-order valence-corrected chi connectivity index (χ0v) is 52.2. The molecule has 16 nitrogen and oxygen atoms in total. The summed E-state index contributed by atoms with van der Waals surface area (Å²) in [6.45, 7) is 21.3. The van der Waals surface area contributed by atoms with E-state index in [4.69, 9.17) is 40.5 Å². The fourth-order valence-corrected chi connectivity index (χ4v) is 10.1. The van der Waals surface area contributed by atoms with Crippen LogP contribution in [-0.4, -0.2) is 102 Å². The summed E-state index contributed by atoms with van der Waals surface area (Å²) >= 11 is 11.5. The Kier molecular flexibility index (Phi) is 22.5. The highest BCUT2D eigenvalue weighted by Gasteiger charge is 2.52. The molecular weight excluding hydrogens is 1280 g/mol. The van der Waals surface area contributed by atoms with E-state index in [0.717, 1.165) is 79.1 Å². The Hall–Kier alpha value is -6.54. The van der Waals surface area contributed by atoms with Crippen molar-refractivity contribution in [2.45, 2.75) is 73.1 Å². The number of morpholine rings is 2. The van der Waals surface area contributed by atoms with Gasteiger partial charge in [-0.15, -0.1) is 0 Å². The van der Waals surface area contributed by atoms with Crippen LogP contribution in [0.3, 0.4) is 0 Å². The van der Waals surface area contributed by atoms with E-state index in [1.807, 2.05) is 39.8 Å². The number of benzene rings is 5. The lowest BCUT2D eigenvalue weighted by atomic mass is 9.78. The van der Waals surface area contributed by atoms with Crippen LogP contribution >= 0.6 is 50.1 Å². The summed E-state index contributed by atoms with van der Waals surface area (Å²) in [6, 6.07) is 27.3. The van der Waals surface area contributed by atoms with Gasteiger partial charge in [-0.2, -0.15) is 0 Å². The van der Waals surface area contributed by atoms with Gasteiger partial charge < -0.3 is 44.0 Å². The van der Waals surface area contributed by atoms with Crippen molar-refractivity contribution in [3.8, 4) is 11.1 Å². The molecule has 23 heteroatoms. The number of Topliss-reactive ketones (excluding diaryl/α,β-unsaturated/α-hetero) is 2. The van der Waals surface area contributed by atoms with Crippen molar-refractivity contribution in [3.05, 3.63) is 169 Å².